The summed E-state index contributed by atoms with van der Waals surface area (Å²) in [5.41, 5.74) is -1.38. The lowest BCUT2D eigenvalue weighted by Crippen LogP contribution is -2.43. The van der Waals surface area contributed by atoms with E-state index in [1.807, 2.05) is 0 Å². The van der Waals surface area contributed by atoms with Gasteiger partial charge >= 0.3 is 5.97 Å². The van der Waals surface area contributed by atoms with Crippen LogP contribution in [0.3, 0.4) is 0 Å². The molecule has 3 atom stereocenters. The molecule has 0 aliphatic heterocycles. The van der Waals surface area contributed by atoms with Crippen LogP contribution in [0.15, 0.2) is 11.1 Å². The SMILES string of the molecule is CCCCCCCCC1(O)C=C(Cl)C(=O)C1C(O)CCCCCC(=O)O. The molecule has 1 aliphatic rings. The monoisotopic (exact) mass is 388 g/mol. The van der Waals surface area contributed by atoms with E-state index in [1.54, 1.807) is 0 Å². The second-order valence-corrected chi connectivity index (χ2v) is 7.81. The molecule has 0 radical (unpaired) electrons. The van der Waals surface area contributed by atoms with Crippen molar-refractivity contribution in [1.29, 1.82) is 0 Å². The number of ketones is 1. The summed E-state index contributed by atoms with van der Waals surface area (Å²) in [6.07, 6.45) is 9.57. The average molecular weight is 389 g/mol. The minimum Gasteiger partial charge on any atom is -0.481 e. The summed E-state index contributed by atoms with van der Waals surface area (Å²) in [6.45, 7) is 2.16. The molecule has 0 heterocycles. The Morgan fingerprint density at radius 1 is 1.15 bits per heavy atom. The lowest BCUT2D eigenvalue weighted by Gasteiger charge is -2.31. The van der Waals surface area contributed by atoms with Crippen molar-refractivity contribution in [2.75, 3.05) is 0 Å². The average Bonchev–Trinajstić information content (AvgIpc) is 2.79. The van der Waals surface area contributed by atoms with E-state index < -0.39 is 29.4 Å². The maximum atomic E-state index is 12.3. The number of carboxylic acids is 1. The van der Waals surface area contributed by atoms with E-state index in [4.69, 9.17) is 16.7 Å². The van der Waals surface area contributed by atoms with Crippen LogP contribution in [-0.2, 0) is 9.59 Å². The fraction of sp³-hybridized carbons (Fsp3) is 0.800. The number of unbranched alkanes of at least 4 members (excludes halogenated alkanes) is 7. The predicted octanol–water partition coefficient (Wildman–Crippen LogP) is 4.19. The Morgan fingerprint density at radius 3 is 2.42 bits per heavy atom. The van der Waals surface area contributed by atoms with Crippen molar-refractivity contribution in [2.45, 2.75) is 95.7 Å². The first kappa shape index (κ1) is 23.1. The first-order valence-corrected chi connectivity index (χ1v) is 10.2. The van der Waals surface area contributed by atoms with Crippen molar-refractivity contribution < 1.29 is 24.9 Å². The molecule has 0 fully saturated rings. The smallest absolute Gasteiger partial charge is 0.303 e. The van der Waals surface area contributed by atoms with E-state index in [2.05, 4.69) is 6.92 Å². The maximum absolute atomic E-state index is 12.3. The van der Waals surface area contributed by atoms with Gasteiger partial charge in [-0.2, -0.15) is 0 Å². The van der Waals surface area contributed by atoms with Crippen LogP contribution in [0.2, 0.25) is 0 Å². The molecule has 1 aliphatic carbocycles. The van der Waals surface area contributed by atoms with Crippen molar-refractivity contribution in [1.82, 2.24) is 0 Å². The highest BCUT2D eigenvalue weighted by Gasteiger charge is 2.49. The van der Waals surface area contributed by atoms with E-state index >= 15 is 0 Å². The van der Waals surface area contributed by atoms with E-state index in [0.717, 1.165) is 19.3 Å². The zero-order chi connectivity index (χ0) is 19.6. The number of carboxylic acid groups (broad SMARTS) is 1. The number of aliphatic hydroxyl groups is 2. The van der Waals surface area contributed by atoms with Crippen LogP contribution < -0.4 is 0 Å². The first-order chi connectivity index (χ1) is 12.3. The molecule has 0 aromatic carbocycles. The van der Waals surface area contributed by atoms with Crippen molar-refractivity contribution >= 4 is 23.4 Å². The van der Waals surface area contributed by atoms with Crippen molar-refractivity contribution in [3.8, 4) is 0 Å². The summed E-state index contributed by atoms with van der Waals surface area (Å²) >= 11 is 5.96. The van der Waals surface area contributed by atoms with Gasteiger partial charge in [0.05, 0.1) is 22.7 Å². The van der Waals surface area contributed by atoms with Gasteiger partial charge in [-0.05, 0) is 25.3 Å². The standard InChI is InChI=1S/C20H33ClO5/c1-2-3-4-5-6-10-13-20(26)14-15(21)19(25)18(20)16(22)11-8-7-9-12-17(23)24/h14,16,18,22,26H,2-13H2,1H3,(H,23,24). The number of hydrogen-bond acceptors (Lipinski definition) is 4. The molecule has 3 N–H and O–H groups in total. The Labute approximate surface area is 161 Å². The van der Waals surface area contributed by atoms with Gasteiger partial charge in [-0.25, -0.2) is 0 Å². The highest BCUT2D eigenvalue weighted by molar-refractivity contribution is 6.43. The summed E-state index contributed by atoms with van der Waals surface area (Å²) in [4.78, 5) is 22.8. The molecule has 0 spiro atoms. The fourth-order valence-corrected chi connectivity index (χ4v) is 3.96. The Kier molecular flexibility index (Phi) is 10.4. The zero-order valence-electron chi connectivity index (χ0n) is 15.8. The highest BCUT2D eigenvalue weighted by atomic mass is 35.5. The Morgan fingerprint density at radius 2 is 1.77 bits per heavy atom. The molecule has 0 bridgehead atoms. The number of Topliss-reactive ketones (excluding diaryl/α,β-unsaturated/α-hetero) is 1. The van der Waals surface area contributed by atoms with Gasteiger partial charge in [0, 0.05) is 6.42 Å². The molecule has 6 heteroatoms. The molecule has 5 nitrogen and oxygen atoms in total. The number of rotatable bonds is 14. The maximum Gasteiger partial charge on any atom is 0.303 e. The molecule has 1 rings (SSSR count). The lowest BCUT2D eigenvalue weighted by atomic mass is 9.80. The second kappa shape index (κ2) is 11.7. The van der Waals surface area contributed by atoms with Crippen LogP contribution in [-0.4, -0.2) is 38.8 Å². The van der Waals surface area contributed by atoms with Gasteiger partial charge in [0.2, 0.25) is 0 Å². The second-order valence-electron chi connectivity index (χ2n) is 7.40. The van der Waals surface area contributed by atoms with Crippen LogP contribution in [0.1, 0.15) is 84.0 Å². The molecule has 0 saturated carbocycles. The molecule has 3 unspecified atom stereocenters. The summed E-state index contributed by atoms with van der Waals surface area (Å²) in [7, 11) is 0. The van der Waals surface area contributed by atoms with Gasteiger partial charge in [0.15, 0.2) is 5.78 Å². The lowest BCUT2D eigenvalue weighted by molar-refractivity contribution is -0.137. The number of hydrogen-bond donors (Lipinski definition) is 3. The minimum absolute atomic E-state index is 0.00779. The molecule has 26 heavy (non-hydrogen) atoms. The molecule has 0 amide bonds. The zero-order valence-corrected chi connectivity index (χ0v) is 16.5. The summed E-state index contributed by atoms with van der Waals surface area (Å²) < 4.78 is 0. The Balaban J connectivity index is 2.49. The van der Waals surface area contributed by atoms with Gasteiger partial charge in [-0.1, -0.05) is 69.9 Å². The number of carbonyl (C=O) groups excluding carboxylic acids is 1. The van der Waals surface area contributed by atoms with Crippen molar-refractivity contribution in [3.05, 3.63) is 11.1 Å². The largest absolute Gasteiger partial charge is 0.481 e. The van der Waals surface area contributed by atoms with Gasteiger partial charge < -0.3 is 15.3 Å². The van der Waals surface area contributed by atoms with E-state index in [-0.39, 0.29) is 11.5 Å². The van der Waals surface area contributed by atoms with Gasteiger partial charge in [0.25, 0.3) is 0 Å². The third kappa shape index (κ3) is 7.37. The molecule has 0 saturated heterocycles. The summed E-state index contributed by atoms with van der Waals surface area (Å²) in [5, 5.41) is 30.0. The normalized spacial score (nSPS) is 23.9. The van der Waals surface area contributed by atoms with E-state index in [1.165, 1.54) is 25.3 Å². The van der Waals surface area contributed by atoms with Crippen LogP contribution in [0.4, 0.5) is 0 Å². The molecule has 0 aromatic rings. The van der Waals surface area contributed by atoms with Crippen molar-refractivity contribution in [3.63, 3.8) is 0 Å². The van der Waals surface area contributed by atoms with Crippen LogP contribution >= 0.6 is 11.6 Å². The number of halogens is 1. The minimum atomic E-state index is -1.38. The number of aliphatic hydroxyl groups excluding tert-OH is 1. The fourth-order valence-electron chi connectivity index (χ4n) is 3.65. The van der Waals surface area contributed by atoms with Gasteiger partial charge in [0.1, 0.15) is 0 Å². The Bertz CT molecular complexity index is 491. The number of carbonyl (C=O) groups is 2. The molecular weight excluding hydrogens is 356 g/mol. The highest BCUT2D eigenvalue weighted by Crippen LogP contribution is 2.40. The topological polar surface area (TPSA) is 94.8 Å². The quantitative estimate of drug-likeness (QED) is 0.388. The van der Waals surface area contributed by atoms with E-state index in [0.29, 0.717) is 32.1 Å². The third-order valence-corrected chi connectivity index (χ3v) is 5.43. The number of allylic oxidation sites excluding steroid dienone is 1. The Hall–Kier alpha value is -0.910. The summed E-state index contributed by atoms with van der Waals surface area (Å²) in [5.74, 6) is -2.14. The van der Waals surface area contributed by atoms with Crippen LogP contribution in [0.5, 0.6) is 0 Å². The first-order valence-electron chi connectivity index (χ1n) is 9.86. The van der Waals surface area contributed by atoms with Crippen LogP contribution in [0.25, 0.3) is 0 Å². The van der Waals surface area contributed by atoms with Gasteiger partial charge in [-0.15, -0.1) is 0 Å². The molecular formula is C20H33ClO5. The van der Waals surface area contributed by atoms with Gasteiger partial charge in [-0.3, -0.25) is 9.59 Å². The molecule has 0 aromatic heterocycles. The predicted molar refractivity (Wildman–Crippen MR) is 102 cm³/mol. The van der Waals surface area contributed by atoms with Crippen LogP contribution in [0, 0.1) is 5.92 Å². The van der Waals surface area contributed by atoms with Crippen molar-refractivity contribution in [2.24, 2.45) is 5.92 Å². The molecule has 150 valence electrons. The summed E-state index contributed by atoms with van der Waals surface area (Å²) in [6, 6.07) is 0. The number of aliphatic carboxylic acids is 1. The van der Waals surface area contributed by atoms with E-state index in [9.17, 15) is 19.8 Å². The third-order valence-electron chi connectivity index (χ3n) is 5.14.